The highest BCUT2D eigenvalue weighted by Crippen LogP contribution is 2.34. The number of nitrogens with one attached hydrogen (secondary N) is 1. The molecule has 1 aromatic heterocycles. The maximum absolute atomic E-state index is 13.0. The number of aromatic nitrogens is 2. The van der Waals surface area contributed by atoms with Gasteiger partial charge >= 0.3 is 0 Å². The van der Waals surface area contributed by atoms with Crippen molar-refractivity contribution in [2.75, 3.05) is 34.8 Å². The van der Waals surface area contributed by atoms with Crippen LogP contribution in [-0.2, 0) is 34.9 Å². The molecule has 0 aliphatic carbocycles. The molecule has 2 aromatic rings. The summed E-state index contributed by atoms with van der Waals surface area (Å²) >= 11 is 0.759. The van der Waals surface area contributed by atoms with Crippen LogP contribution in [0.3, 0.4) is 0 Å². The van der Waals surface area contributed by atoms with Gasteiger partial charge in [0.15, 0.2) is 0 Å². The summed E-state index contributed by atoms with van der Waals surface area (Å²) in [6.45, 7) is 4.73. The first-order chi connectivity index (χ1) is 19.1. The summed E-state index contributed by atoms with van der Waals surface area (Å²) in [4.78, 5) is 13.5. The molecule has 1 aromatic carbocycles. The lowest BCUT2D eigenvalue weighted by atomic mass is 10.2. The number of carbonyl (C=O) groups is 1. The average Bonchev–Trinajstić information content (AvgIpc) is 3.37. The first kappa shape index (κ1) is 34.6. The summed E-state index contributed by atoms with van der Waals surface area (Å²) in [7, 11) is -12.5. The van der Waals surface area contributed by atoms with Gasteiger partial charge in [-0.15, -0.1) is 20.4 Å². The largest absolute Gasteiger partial charge is 0.369 e. The molecule has 0 radical (unpaired) electrons. The second-order valence-corrected chi connectivity index (χ2v) is 15.4. The number of amides is 1. The van der Waals surface area contributed by atoms with Crippen LogP contribution in [0.5, 0.6) is 0 Å². The molecule has 19 heteroatoms. The Kier molecular flexibility index (Phi) is 12.7. The van der Waals surface area contributed by atoms with Gasteiger partial charge < -0.3 is 10.2 Å². The quantitative estimate of drug-likeness (QED) is 0.164. The average molecular weight is 655 g/mol. The first-order valence-corrected chi connectivity index (χ1v) is 18.3. The van der Waals surface area contributed by atoms with Gasteiger partial charge in [-0.3, -0.25) is 13.9 Å². The van der Waals surface area contributed by atoms with Crippen LogP contribution in [0.4, 0.5) is 22.2 Å². The fourth-order valence-electron chi connectivity index (χ4n) is 3.58. The van der Waals surface area contributed by atoms with Gasteiger partial charge in [-0.25, -0.2) is 8.42 Å². The van der Waals surface area contributed by atoms with Gasteiger partial charge in [0, 0.05) is 25.2 Å². The van der Waals surface area contributed by atoms with Gasteiger partial charge in [0.2, 0.25) is 20.1 Å². The van der Waals surface area contributed by atoms with Crippen LogP contribution in [0.2, 0.25) is 0 Å². The normalized spacial score (nSPS) is 13.4. The van der Waals surface area contributed by atoms with Crippen LogP contribution >= 0.6 is 11.3 Å². The smallest absolute Gasteiger partial charge is 0.266 e. The van der Waals surface area contributed by atoms with E-state index in [0.717, 1.165) is 24.2 Å². The van der Waals surface area contributed by atoms with E-state index in [1.54, 1.807) is 13.8 Å². The molecular formula is C22H34N6O9S4. The molecule has 0 aliphatic rings. The molecule has 0 bridgehead atoms. The molecule has 1 amide bonds. The summed E-state index contributed by atoms with van der Waals surface area (Å²) in [5.74, 6) is -1.85. The van der Waals surface area contributed by atoms with Crippen LogP contribution in [0.15, 0.2) is 32.8 Å². The molecule has 0 spiro atoms. The summed E-state index contributed by atoms with van der Waals surface area (Å²) < 4.78 is 89.2. The summed E-state index contributed by atoms with van der Waals surface area (Å²) in [5.41, 5.74) is 0.517. The lowest BCUT2D eigenvalue weighted by Crippen LogP contribution is -2.33. The zero-order valence-corrected chi connectivity index (χ0v) is 26.1. The Hall–Kier alpha value is -2.58. The van der Waals surface area contributed by atoms with Gasteiger partial charge in [-0.2, -0.15) is 16.8 Å². The minimum atomic E-state index is -4.39. The van der Waals surface area contributed by atoms with Crippen LogP contribution in [-0.4, -0.2) is 80.3 Å². The van der Waals surface area contributed by atoms with E-state index in [1.165, 1.54) is 23.1 Å². The Labute approximate surface area is 243 Å². The second-order valence-electron chi connectivity index (χ2n) is 8.93. The number of rotatable bonds is 17. The Bertz CT molecular complexity index is 1500. The first-order valence-electron chi connectivity index (χ1n) is 12.7. The van der Waals surface area contributed by atoms with Gasteiger partial charge in [0.25, 0.3) is 25.4 Å². The topological polar surface area (TPSA) is 226 Å². The molecule has 15 nitrogen and oxygen atoms in total. The van der Waals surface area contributed by atoms with Gasteiger partial charge in [0.1, 0.15) is 5.69 Å². The molecule has 1 atom stereocenters. The standard InChI is InChI=1S/C22H34N6O9S4/c1-4-7-8-17(5-2)41(36,37)22-27-26-21(38-22)25-24-18-10-9-16(15-19(18)23-20(29)6-3)28(11-13-39(30,31)32)12-14-40(33,34)35/h9-10,15,17H,4-8,11-14H2,1-3H3,(H,23,29)(H,30,31,32)(H,33,34,35). The molecule has 2 rings (SSSR count). The van der Waals surface area contributed by atoms with Crippen molar-refractivity contribution in [2.24, 2.45) is 10.2 Å². The van der Waals surface area contributed by atoms with E-state index in [-0.39, 0.29) is 46.0 Å². The Morgan fingerprint density at radius 3 is 2.17 bits per heavy atom. The number of nitrogens with zero attached hydrogens (tertiary/aromatic N) is 5. The number of sulfone groups is 1. The van der Waals surface area contributed by atoms with Crippen LogP contribution in [0, 0.1) is 0 Å². The Morgan fingerprint density at radius 2 is 1.63 bits per heavy atom. The molecule has 1 unspecified atom stereocenters. The molecule has 0 fully saturated rings. The third-order valence-corrected chi connectivity index (χ3v) is 10.8. The number of carbonyl (C=O) groups excluding carboxylic acids is 1. The molecule has 3 N–H and O–H groups in total. The van der Waals surface area contributed by atoms with Crippen molar-refractivity contribution in [1.29, 1.82) is 0 Å². The van der Waals surface area contributed by atoms with Crippen molar-refractivity contribution < 1.29 is 39.2 Å². The Balaban J connectivity index is 2.41. The summed E-state index contributed by atoms with van der Waals surface area (Å²) in [6, 6.07) is 4.25. The van der Waals surface area contributed by atoms with E-state index < -0.39 is 52.7 Å². The molecule has 230 valence electrons. The second kappa shape index (κ2) is 15.1. The van der Waals surface area contributed by atoms with Gasteiger partial charge in [0.05, 0.1) is 22.4 Å². The number of hydrogen-bond donors (Lipinski definition) is 3. The summed E-state index contributed by atoms with van der Waals surface area (Å²) in [6.07, 6.45) is 2.65. The predicted molar refractivity (Wildman–Crippen MR) is 155 cm³/mol. The van der Waals surface area contributed by atoms with Crippen LogP contribution < -0.4 is 10.2 Å². The van der Waals surface area contributed by atoms with Crippen LogP contribution in [0.1, 0.15) is 52.9 Å². The van der Waals surface area contributed by atoms with Gasteiger partial charge in [-0.05, 0) is 31.0 Å². The number of benzene rings is 1. The monoisotopic (exact) mass is 654 g/mol. The van der Waals surface area contributed by atoms with Gasteiger partial charge in [-0.1, -0.05) is 44.9 Å². The Morgan fingerprint density at radius 1 is 1.00 bits per heavy atom. The van der Waals surface area contributed by atoms with E-state index in [2.05, 4.69) is 25.7 Å². The summed E-state index contributed by atoms with van der Waals surface area (Å²) in [5, 5.41) is 17.7. The number of anilines is 2. The van der Waals surface area contributed by atoms with E-state index in [1.807, 2.05) is 6.92 Å². The maximum atomic E-state index is 13.0. The molecular weight excluding hydrogens is 621 g/mol. The number of azo groups is 1. The third-order valence-electron chi connectivity index (χ3n) is 5.84. The van der Waals surface area contributed by atoms with Crippen molar-refractivity contribution in [3.05, 3.63) is 18.2 Å². The minimum Gasteiger partial charge on any atom is -0.369 e. The van der Waals surface area contributed by atoms with E-state index in [4.69, 9.17) is 9.11 Å². The highest BCUT2D eigenvalue weighted by atomic mass is 32.2. The van der Waals surface area contributed by atoms with E-state index in [0.29, 0.717) is 12.8 Å². The SMILES string of the molecule is CCCCC(CC)S(=O)(=O)c1nnc(N=Nc2ccc(N(CCS(=O)(=O)O)CCS(=O)(=O)O)cc2NC(=O)CC)s1. The molecule has 0 aliphatic heterocycles. The third kappa shape index (κ3) is 11.3. The van der Waals surface area contributed by atoms with E-state index in [9.17, 15) is 30.0 Å². The van der Waals surface area contributed by atoms with Crippen molar-refractivity contribution >= 4 is 69.5 Å². The number of hydrogen-bond acceptors (Lipinski definition) is 13. The molecule has 41 heavy (non-hydrogen) atoms. The lowest BCUT2D eigenvalue weighted by Gasteiger charge is -2.24. The zero-order chi connectivity index (χ0) is 30.8. The van der Waals surface area contributed by atoms with Crippen LogP contribution in [0.25, 0.3) is 0 Å². The van der Waals surface area contributed by atoms with Crippen molar-refractivity contribution in [1.82, 2.24) is 10.2 Å². The zero-order valence-electron chi connectivity index (χ0n) is 22.8. The van der Waals surface area contributed by atoms with E-state index >= 15 is 0 Å². The highest BCUT2D eigenvalue weighted by Gasteiger charge is 2.29. The minimum absolute atomic E-state index is 0.0336. The number of unbranched alkanes of at least 4 members (excludes halogenated alkanes) is 1. The molecule has 0 saturated carbocycles. The fourth-order valence-corrected chi connectivity index (χ4v) is 7.33. The molecule has 1 heterocycles. The highest BCUT2D eigenvalue weighted by molar-refractivity contribution is 7.94. The fraction of sp³-hybridized carbons (Fsp3) is 0.591. The van der Waals surface area contributed by atoms with Crippen molar-refractivity contribution in [2.45, 2.75) is 62.5 Å². The lowest BCUT2D eigenvalue weighted by molar-refractivity contribution is -0.115. The van der Waals surface area contributed by atoms with Crippen molar-refractivity contribution in [3.63, 3.8) is 0 Å². The molecule has 0 saturated heterocycles. The predicted octanol–water partition coefficient (Wildman–Crippen LogP) is 3.63. The van der Waals surface area contributed by atoms with Crippen molar-refractivity contribution in [3.8, 4) is 0 Å². The maximum Gasteiger partial charge on any atom is 0.266 e.